The van der Waals surface area contributed by atoms with Crippen LogP contribution in [0.3, 0.4) is 0 Å². The first kappa shape index (κ1) is 27.7. The molecule has 1 aromatic rings. The zero-order chi connectivity index (χ0) is 26.5. The van der Waals surface area contributed by atoms with Gasteiger partial charge in [-0.05, 0) is 31.7 Å². The molecular formula is C27H37NO9. The summed E-state index contributed by atoms with van der Waals surface area (Å²) in [4.78, 5) is 27.7. The van der Waals surface area contributed by atoms with Crippen LogP contribution in [-0.4, -0.2) is 90.8 Å². The maximum Gasteiger partial charge on any atom is 0.417 e. The number of carbonyl (C=O) groups excluding carboxylic acids is 2. The number of rotatable bonds is 13. The average Bonchev–Trinajstić information content (AvgIpc) is 3.29. The highest BCUT2D eigenvalue weighted by Gasteiger charge is 2.77. The number of nitrogens with zero attached hydrogens (tertiary/aromatic N) is 1. The van der Waals surface area contributed by atoms with E-state index in [2.05, 4.69) is 0 Å². The Hall–Kier alpha value is -2.34. The number of aliphatic hydroxyl groups is 2. The van der Waals surface area contributed by atoms with E-state index in [0.717, 1.165) is 29.7 Å². The van der Waals surface area contributed by atoms with Crippen molar-refractivity contribution in [1.82, 2.24) is 4.90 Å². The van der Waals surface area contributed by atoms with Crippen LogP contribution >= 0.6 is 0 Å². The number of benzene rings is 1. The van der Waals surface area contributed by atoms with E-state index in [1.54, 1.807) is 7.11 Å². The molecule has 37 heavy (non-hydrogen) atoms. The maximum absolute atomic E-state index is 13.6. The highest BCUT2D eigenvalue weighted by Crippen LogP contribution is 2.54. The number of hydrogen-bond donors (Lipinski definition) is 2. The number of carbonyl (C=O) groups is 2. The summed E-state index contributed by atoms with van der Waals surface area (Å²) < 4.78 is 27.6. The monoisotopic (exact) mass is 519 g/mol. The molecule has 0 saturated carbocycles. The molecule has 2 fully saturated rings. The molecular weight excluding hydrogens is 482 g/mol. The summed E-state index contributed by atoms with van der Waals surface area (Å²) in [6.07, 6.45) is 3.45. The highest BCUT2D eigenvalue weighted by molar-refractivity contribution is 6.00. The number of ether oxygens (including phenoxy) is 5. The number of cyclic esters (lactones) is 1. The molecule has 0 radical (unpaired) electrons. The molecule has 0 bridgehead atoms. The molecule has 0 aromatic heterocycles. The minimum Gasteiger partial charge on any atom is -0.442 e. The summed E-state index contributed by atoms with van der Waals surface area (Å²) in [5.74, 6) is -2.24. The zero-order valence-corrected chi connectivity index (χ0v) is 21.4. The summed E-state index contributed by atoms with van der Waals surface area (Å²) >= 11 is 0. The van der Waals surface area contributed by atoms with Crippen molar-refractivity contribution in [2.24, 2.45) is 11.8 Å². The number of hydrogen-bond acceptors (Lipinski definition) is 9. The van der Waals surface area contributed by atoms with Gasteiger partial charge in [0.2, 0.25) is 5.91 Å². The molecule has 2 saturated heterocycles. The lowest BCUT2D eigenvalue weighted by Crippen LogP contribution is -2.66. The van der Waals surface area contributed by atoms with E-state index in [1.165, 1.54) is 6.92 Å². The molecule has 4 rings (SSSR count). The summed E-state index contributed by atoms with van der Waals surface area (Å²) in [6, 6.07) is 9.42. The minimum absolute atomic E-state index is 0.127. The fourth-order valence-electron chi connectivity index (χ4n) is 5.79. The Morgan fingerprint density at radius 2 is 1.95 bits per heavy atom. The van der Waals surface area contributed by atoms with Crippen molar-refractivity contribution in [3.8, 4) is 0 Å². The summed E-state index contributed by atoms with van der Waals surface area (Å²) in [6.45, 7) is 1.83. The van der Waals surface area contributed by atoms with Crippen LogP contribution in [0.2, 0.25) is 0 Å². The number of imide groups is 1. The van der Waals surface area contributed by atoms with E-state index in [-0.39, 0.29) is 32.5 Å². The molecule has 2 N–H and O–H groups in total. The Balaban J connectivity index is 1.57. The molecule has 3 aliphatic rings. The van der Waals surface area contributed by atoms with Gasteiger partial charge in [-0.15, -0.1) is 0 Å². The van der Waals surface area contributed by atoms with E-state index in [4.69, 9.17) is 23.7 Å². The lowest BCUT2D eigenvalue weighted by molar-refractivity contribution is -0.163. The quantitative estimate of drug-likeness (QED) is 0.229. The molecule has 0 spiro atoms. The lowest BCUT2D eigenvalue weighted by Gasteiger charge is -2.45. The SMILES string of the molecule is COCCOCOC[C@]12[C@H]([C@@H]3C=CCCC3)OC(=O)N1C(=O)[C@H](C(O)COCc1ccccc1)[C@]2(C)O. The van der Waals surface area contributed by atoms with Crippen LogP contribution in [0.5, 0.6) is 0 Å². The number of aliphatic hydroxyl groups excluding tert-OH is 1. The van der Waals surface area contributed by atoms with E-state index >= 15 is 0 Å². The van der Waals surface area contributed by atoms with E-state index in [0.29, 0.717) is 13.2 Å². The van der Waals surface area contributed by atoms with Gasteiger partial charge in [0, 0.05) is 13.0 Å². The van der Waals surface area contributed by atoms with E-state index in [1.807, 2.05) is 42.5 Å². The Bertz CT molecular complexity index is 952. The van der Waals surface area contributed by atoms with Crippen LogP contribution in [-0.2, 0) is 35.1 Å². The smallest absolute Gasteiger partial charge is 0.417 e. The number of fused-ring (bicyclic) bond motifs is 1. The molecule has 10 heteroatoms. The largest absolute Gasteiger partial charge is 0.442 e. The van der Waals surface area contributed by atoms with Crippen LogP contribution in [0.4, 0.5) is 4.79 Å². The molecule has 2 amide bonds. The van der Waals surface area contributed by atoms with Gasteiger partial charge in [0.15, 0.2) is 0 Å². The van der Waals surface area contributed by atoms with Crippen molar-refractivity contribution in [2.75, 3.05) is 40.3 Å². The first-order valence-electron chi connectivity index (χ1n) is 12.7. The van der Waals surface area contributed by atoms with Crippen molar-refractivity contribution in [3.63, 3.8) is 0 Å². The second-order valence-electron chi connectivity index (χ2n) is 9.99. The predicted molar refractivity (Wildman–Crippen MR) is 131 cm³/mol. The Morgan fingerprint density at radius 3 is 2.65 bits per heavy atom. The van der Waals surface area contributed by atoms with Crippen LogP contribution in [0, 0.1) is 11.8 Å². The van der Waals surface area contributed by atoms with Crippen LogP contribution < -0.4 is 0 Å². The first-order valence-corrected chi connectivity index (χ1v) is 12.7. The number of amides is 2. The van der Waals surface area contributed by atoms with Gasteiger partial charge in [0.05, 0.1) is 45.1 Å². The van der Waals surface area contributed by atoms with E-state index < -0.39 is 41.3 Å². The third kappa shape index (κ3) is 5.32. The number of allylic oxidation sites excluding steroid dienone is 1. The normalized spacial score (nSPS) is 32.0. The fraction of sp³-hybridized carbons (Fsp3) is 0.630. The average molecular weight is 520 g/mol. The molecule has 1 aromatic carbocycles. The summed E-state index contributed by atoms with van der Waals surface area (Å²) in [5.41, 5.74) is -2.52. The molecule has 10 nitrogen and oxygen atoms in total. The van der Waals surface area contributed by atoms with Gasteiger partial charge in [0.1, 0.15) is 24.0 Å². The van der Waals surface area contributed by atoms with Gasteiger partial charge < -0.3 is 33.9 Å². The molecule has 1 aliphatic carbocycles. The molecule has 6 atom stereocenters. The lowest BCUT2D eigenvalue weighted by atomic mass is 9.68. The maximum atomic E-state index is 13.6. The van der Waals surface area contributed by atoms with Crippen molar-refractivity contribution in [2.45, 2.75) is 56.1 Å². The van der Waals surface area contributed by atoms with Gasteiger partial charge in [-0.1, -0.05) is 42.5 Å². The molecule has 1 unspecified atom stereocenters. The van der Waals surface area contributed by atoms with Crippen molar-refractivity contribution in [1.29, 1.82) is 0 Å². The van der Waals surface area contributed by atoms with Crippen LogP contribution in [0.1, 0.15) is 31.7 Å². The van der Waals surface area contributed by atoms with Crippen LogP contribution in [0.15, 0.2) is 42.5 Å². The third-order valence-corrected chi connectivity index (χ3v) is 7.63. The summed E-state index contributed by atoms with van der Waals surface area (Å²) in [7, 11) is 1.56. The highest BCUT2D eigenvalue weighted by atomic mass is 16.7. The Kier molecular flexibility index (Phi) is 8.99. The second-order valence-corrected chi connectivity index (χ2v) is 9.99. The Morgan fingerprint density at radius 1 is 1.16 bits per heavy atom. The summed E-state index contributed by atoms with van der Waals surface area (Å²) in [5, 5.41) is 23.1. The van der Waals surface area contributed by atoms with Crippen molar-refractivity contribution in [3.05, 3.63) is 48.0 Å². The first-order chi connectivity index (χ1) is 17.8. The van der Waals surface area contributed by atoms with Gasteiger partial charge in [-0.3, -0.25) is 4.79 Å². The zero-order valence-electron chi connectivity index (χ0n) is 21.4. The third-order valence-electron chi connectivity index (χ3n) is 7.63. The standard InChI is InChI=1S/C27H37NO9/c1-26(32)22(21(29)16-35-15-19-9-5-3-6-10-19)24(30)28-25(31)37-23(20-11-7-4-8-12-20)27(26,28)17-36-18-34-14-13-33-2/h3,5-7,9-11,20-23,29,32H,4,8,12-18H2,1-2H3/t20-,21?,22+,23+,26+,27-/m1/s1. The van der Waals surface area contributed by atoms with Crippen molar-refractivity contribution >= 4 is 12.0 Å². The van der Waals surface area contributed by atoms with Gasteiger partial charge in [0.25, 0.3) is 0 Å². The van der Waals surface area contributed by atoms with Crippen molar-refractivity contribution < 1.29 is 43.5 Å². The van der Waals surface area contributed by atoms with Gasteiger partial charge in [-0.25, -0.2) is 9.69 Å². The number of methoxy groups -OCH3 is 1. The molecule has 2 heterocycles. The molecule has 204 valence electrons. The topological polar surface area (TPSA) is 124 Å². The van der Waals surface area contributed by atoms with Crippen LogP contribution in [0.25, 0.3) is 0 Å². The molecule has 2 aliphatic heterocycles. The minimum atomic E-state index is -1.88. The van der Waals surface area contributed by atoms with E-state index in [9.17, 15) is 19.8 Å². The fourth-order valence-corrected chi connectivity index (χ4v) is 5.79. The predicted octanol–water partition coefficient (Wildman–Crippen LogP) is 2.02. The Labute approximate surface area is 217 Å². The van der Waals surface area contributed by atoms with Gasteiger partial charge >= 0.3 is 6.09 Å². The second kappa shape index (κ2) is 12.0. The van der Waals surface area contributed by atoms with Gasteiger partial charge in [-0.2, -0.15) is 0 Å².